The maximum atomic E-state index is 12.1. The van der Waals surface area contributed by atoms with Gasteiger partial charge in [0, 0.05) is 24.4 Å². The van der Waals surface area contributed by atoms with Crippen molar-refractivity contribution in [3.63, 3.8) is 0 Å². The highest BCUT2D eigenvalue weighted by Gasteiger charge is 2.43. The predicted octanol–water partition coefficient (Wildman–Crippen LogP) is 0.513. The van der Waals surface area contributed by atoms with Gasteiger partial charge in [0.05, 0.1) is 5.92 Å². The van der Waals surface area contributed by atoms with E-state index in [2.05, 4.69) is 4.72 Å². The number of carboxylic acid groups (broad SMARTS) is 1. The van der Waals surface area contributed by atoms with Crippen molar-refractivity contribution in [1.82, 2.24) is 9.03 Å². The van der Waals surface area contributed by atoms with Gasteiger partial charge in [0.15, 0.2) is 0 Å². The largest absolute Gasteiger partial charge is 0.481 e. The number of nitrogens with zero attached hydrogens (tertiary/aromatic N) is 1. The van der Waals surface area contributed by atoms with Crippen molar-refractivity contribution in [3.8, 4) is 0 Å². The first kappa shape index (κ1) is 15.1. The van der Waals surface area contributed by atoms with Gasteiger partial charge in [-0.25, -0.2) is 4.72 Å². The minimum atomic E-state index is -3.46. The molecule has 0 spiro atoms. The lowest BCUT2D eigenvalue weighted by Crippen LogP contribution is -2.47. The second-order valence-electron chi connectivity index (χ2n) is 5.22. The minimum absolute atomic E-state index is 0.0897. The second-order valence-corrected chi connectivity index (χ2v) is 8.25. The summed E-state index contributed by atoms with van der Waals surface area (Å²) in [5.74, 6) is -1.24. The van der Waals surface area contributed by atoms with E-state index in [0.29, 0.717) is 32.5 Å². The molecule has 1 saturated heterocycles. The van der Waals surface area contributed by atoms with Crippen LogP contribution in [0, 0.1) is 5.92 Å². The third kappa shape index (κ3) is 3.62. The van der Waals surface area contributed by atoms with E-state index in [1.54, 1.807) is 11.8 Å². The Bertz CT molecular complexity index is 440. The van der Waals surface area contributed by atoms with Crippen LogP contribution in [-0.2, 0) is 15.0 Å². The molecule has 110 valence electrons. The number of aliphatic carboxylic acids is 1. The highest BCUT2D eigenvalue weighted by atomic mass is 32.2. The summed E-state index contributed by atoms with van der Waals surface area (Å²) in [7, 11) is -3.46. The molecule has 0 unspecified atom stereocenters. The molecule has 1 aliphatic carbocycles. The van der Waals surface area contributed by atoms with E-state index in [1.165, 1.54) is 4.31 Å². The Labute approximate surface area is 118 Å². The van der Waals surface area contributed by atoms with Crippen molar-refractivity contribution in [1.29, 1.82) is 0 Å². The molecule has 2 fully saturated rings. The Morgan fingerprint density at radius 2 is 2.00 bits per heavy atom. The van der Waals surface area contributed by atoms with Crippen LogP contribution in [0.3, 0.4) is 0 Å². The lowest BCUT2D eigenvalue weighted by Gasteiger charge is -2.29. The lowest BCUT2D eigenvalue weighted by molar-refractivity contribution is -0.142. The van der Waals surface area contributed by atoms with Crippen LogP contribution in [-0.4, -0.2) is 54.4 Å². The standard InChI is InChI=1S/C11H20N2O4S2/c1-18-11(4-5-11)8-12-19(16,17)13-6-2-9(3-7-13)10(14)15/h9,12H,2-8H2,1H3,(H,14,15). The Kier molecular flexibility index (Phi) is 4.44. The average Bonchev–Trinajstić information content (AvgIpc) is 3.17. The summed E-state index contributed by atoms with van der Waals surface area (Å²) in [6.07, 6.45) is 4.89. The summed E-state index contributed by atoms with van der Waals surface area (Å²) in [5.41, 5.74) is 0. The van der Waals surface area contributed by atoms with E-state index < -0.39 is 22.1 Å². The number of nitrogens with one attached hydrogen (secondary N) is 1. The molecular formula is C11H20N2O4S2. The number of hydrogen-bond acceptors (Lipinski definition) is 4. The first-order valence-corrected chi connectivity index (χ1v) is 9.08. The zero-order valence-corrected chi connectivity index (χ0v) is 12.6. The molecule has 0 radical (unpaired) electrons. The highest BCUT2D eigenvalue weighted by molar-refractivity contribution is 8.00. The number of hydrogen-bond donors (Lipinski definition) is 2. The van der Waals surface area contributed by atoms with Gasteiger partial charge in [-0.1, -0.05) is 0 Å². The predicted molar refractivity (Wildman–Crippen MR) is 74.3 cm³/mol. The molecule has 2 N–H and O–H groups in total. The Morgan fingerprint density at radius 3 is 2.42 bits per heavy atom. The molecule has 6 nitrogen and oxygen atoms in total. The lowest BCUT2D eigenvalue weighted by atomic mass is 9.99. The van der Waals surface area contributed by atoms with Gasteiger partial charge in [-0.15, -0.1) is 0 Å². The maximum Gasteiger partial charge on any atom is 0.306 e. The van der Waals surface area contributed by atoms with E-state index in [9.17, 15) is 13.2 Å². The van der Waals surface area contributed by atoms with Crippen molar-refractivity contribution >= 4 is 27.9 Å². The SMILES string of the molecule is CSC1(CNS(=O)(=O)N2CCC(C(=O)O)CC2)CC1. The van der Waals surface area contributed by atoms with Gasteiger partial charge in [-0.2, -0.15) is 24.5 Å². The van der Waals surface area contributed by atoms with Crippen molar-refractivity contribution in [2.24, 2.45) is 5.92 Å². The first-order valence-electron chi connectivity index (χ1n) is 6.41. The second kappa shape index (κ2) is 5.59. The average molecular weight is 308 g/mol. The van der Waals surface area contributed by atoms with Crippen LogP contribution in [0.15, 0.2) is 0 Å². The van der Waals surface area contributed by atoms with Crippen molar-refractivity contribution < 1.29 is 18.3 Å². The van der Waals surface area contributed by atoms with Gasteiger partial charge in [-0.3, -0.25) is 4.79 Å². The molecule has 0 bridgehead atoms. The smallest absolute Gasteiger partial charge is 0.306 e. The molecule has 1 heterocycles. The van der Waals surface area contributed by atoms with Crippen LogP contribution in [0.4, 0.5) is 0 Å². The number of piperidine rings is 1. The van der Waals surface area contributed by atoms with E-state index in [-0.39, 0.29) is 4.75 Å². The molecule has 1 aliphatic heterocycles. The van der Waals surface area contributed by atoms with Gasteiger partial charge in [0.25, 0.3) is 10.2 Å². The van der Waals surface area contributed by atoms with Crippen LogP contribution in [0.1, 0.15) is 25.7 Å². The zero-order valence-electron chi connectivity index (χ0n) is 11.0. The van der Waals surface area contributed by atoms with E-state index in [4.69, 9.17) is 5.11 Å². The summed E-state index contributed by atoms with van der Waals surface area (Å²) in [6.45, 7) is 1.05. The summed E-state index contributed by atoms with van der Waals surface area (Å²) in [5, 5.41) is 8.89. The van der Waals surface area contributed by atoms with Gasteiger partial charge >= 0.3 is 5.97 Å². The van der Waals surface area contributed by atoms with Gasteiger partial charge in [-0.05, 0) is 31.9 Å². The van der Waals surface area contributed by atoms with Gasteiger partial charge in [0.1, 0.15) is 0 Å². The number of carbonyl (C=O) groups is 1. The third-order valence-corrected chi connectivity index (χ3v) is 6.93. The number of thioether (sulfide) groups is 1. The fourth-order valence-electron chi connectivity index (χ4n) is 2.25. The van der Waals surface area contributed by atoms with Crippen molar-refractivity contribution in [3.05, 3.63) is 0 Å². The molecule has 0 aromatic carbocycles. The molecule has 2 aliphatic rings. The molecule has 2 rings (SSSR count). The van der Waals surface area contributed by atoms with E-state index in [1.807, 2.05) is 6.26 Å². The third-order valence-electron chi connectivity index (χ3n) is 3.96. The van der Waals surface area contributed by atoms with Crippen LogP contribution < -0.4 is 4.72 Å². The highest BCUT2D eigenvalue weighted by Crippen LogP contribution is 2.46. The molecule has 19 heavy (non-hydrogen) atoms. The monoisotopic (exact) mass is 308 g/mol. The molecule has 0 aromatic heterocycles. The van der Waals surface area contributed by atoms with Crippen LogP contribution in [0.5, 0.6) is 0 Å². The van der Waals surface area contributed by atoms with Crippen molar-refractivity contribution in [2.75, 3.05) is 25.9 Å². The molecule has 8 heteroatoms. The Hall–Kier alpha value is -0.310. The molecule has 1 saturated carbocycles. The van der Waals surface area contributed by atoms with Crippen LogP contribution in [0.25, 0.3) is 0 Å². The topological polar surface area (TPSA) is 86.7 Å². The number of carboxylic acids is 1. The fourth-order valence-corrected chi connectivity index (χ4v) is 4.40. The Balaban J connectivity index is 1.85. The minimum Gasteiger partial charge on any atom is -0.481 e. The van der Waals surface area contributed by atoms with E-state index in [0.717, 1.165) is 12.8 Å². The summed E-state index contributed by atoms with van der Waals surface area (Å²) >= 11 is 1.71. The summed E-state index contributed by atoms with van der Waals surface area (Å²) < 4.78 is 28.3. The van der Waals surface area contributed by atoms with Crippen LogP contribution in [0.2, 0.25) is 0 Å². The molecule has 0 atom stereocenters. The quantitative estimate of drug-likeness (QED) is 0.747. The molecule has 0 aromatic rings. The van der Waals surface area contributed by atoms with E-state index >= 15 is 0 Å². The molecular weight excluding hydrogens is 288 g/mol. The Morgan fingerprint density at radius 1 is 1.42 bits per heavy atom. The number of rotatable bonds is 6. The van der Waals surface area contributed by atoms with Gasteiger partial charge in [0.2, 0.25) is 0 Å². The first-order chi connectivity index (χ1) is 8.88. The maximum absolute atomic E-state index is 12.1. The van der Waals surface area contributed by atoms with Crippen molar-refractivity contribution in [2.45, 2.75) is 30.4 Å². The fraction of sp³-hybridized carbons (Fsp3) is 0.909. The van der Waals surface area contributed by atoms with Gasteiger partial charge < -0.3 is 5.11 Å². The summed E-state index contributed by atoms with van der Waals surface area (Å²) in [4.78, 5) is 10.8. The summed E-state index contributed by atoms with van der Waals surface area (Å²) in [6, 6.07) is 0. The molecule has 0 amide bonds. The van der Waals surface area contributed by atoms with Crippen LogP contribution >= 0.6 is 11.8 Å². The normalized spacial score (nSPS) is 24.3. The zero-order chi connectivity index (χ0) is 14.1.